The van der Waals surface area contributed by atoms with Crippen molar-refractivity contribution in [3.8, 4) is 0 Å². The third-order valence-corrected chi connectivity index (χ3v) is 5.50. The van der Waals surface area contributed by atoms with Gasteiger partial charge in [0.1, 0.15) is 0 Å². The molecule has 2 aliphatic carbocycles. The fraction of sp³-hybridized carbons (Fsp3) is 1.00. The molecule has 3 unspecified atom stereocenters. The van der Waals surface area contributed by atoms with Gasteiger partial charge in [0.15, 0.2) is 0 Å². The Labute approximate surface area is 120 Å². The van der Waals surface area contributed by atoms with Crippen LogP contribution in [0.25, 0.3) is 0 Å². The van der Waals surface area contributed by atoms with Crippen LogP contribution in [0.1, 0.15) is 79.1 Å². The summed E-state index contributed by atoms with van der Waals surface area (Å²) in [7, 11) is 0. The average Bonchev–Trinajstić information content (AvgIpc) is 2.25. The van der Waals surface area contributed by atoms with Crippen molar-refractivity contribution in [2.45, 2.75) is 84.6 Å². The standard InChI is InChI=1S/C18H35N/c1-5-7-14-10-11-16(13-19-18(2,3)4)17(12-14)15-8-6-9-15/h14-17,19H,5-13H2,1-4H3. The number of nitrogens with one attached hydrogen (secondary N) is 1. The first-order valence-electron chi connectivity index (χ1n) is 8.74. The van der Waals surface area contributed by atoms with Crippen LogP contribution in [0.5, 0.6) is 0 Å². The molecule has 0 amide bonds. The zero-order chi connectivity index (χ0) is 13.9. The maximum atomic E-state index is 3.77. The minimum absolute atomic E-state index is 0.282. The highest BCUT2D eigenvalue weighted by molar-refractivity contribution is 4.89. The van der Waals surface area contributed by atoms with Crippen molar-refractivity contribution in [1.29, 1.82) is 0 Å². The van der Waals surface area contributed by atoms with E-state index in [0.717, 1.165) is 23.7 Å². The second-order valence-electron chi connectivity index (χ2n) is 8.21. The zero-order valence-electron chi connectivity index (χ0n) is 13.7. The maximum Gasteiger partial charge on any atom is 0.00966 e. The normalized spacial score (nSPS) is 33.2. The van der Waals surface area contributed by atoms with Gasteiger partial charge in [0, 0.05) is 5.54 Å². The fourth-order valence-corrected chi connectivity index (χ4v) is 4.17. The lowest BCUT2D eigenvalue weighted by Gasteiger charge is -2.45. The summed E-state index contributed by atoms with van der Waals surface area (Å²) < 4.78 is 0. The molecule has 1 N–H and O–H groups in total. The molecule has 3 atom stereocenters. The Kier molecular flexibility index (Phi) is 5.34. The minimum Gasteiger partial charge on any atom is -0.312 e. The summed E-state index contributed by atoms with van der Waals surface area (Å²) in [6.45, 7) is 10.5. The first kappa shape index (κ1) is 15.4. The molecule has 2 saturated carbocycles. The molecular formula is C18H35N. The lowest BCUT2D eigenvalue weighted by atomic mass is 9.62. The maximum absolute atomic E-state index is 3.77. The van der Waals surface area contributed by atoms with Gasteiger partial charge in [0.05, 0.1) is 0 Å². The highest BCUT2D eigenvalue weighted by atomic mass is 14.9. The highest BCUT2D eigenvalue weighted by Gasteiger charge is 2.37. The molecule has 0 aliphatic heterocycles. The topological polar surface area (TPSA) is 12.0 Å². The van der Waals surface area contributed by atoms with E-state index < -0.39 is 0 Å². The van der Waals surface area contributed by atoms with Gasteiger partial charge in [-0.05, 0) is 63.8 Å². The van der Waals surface area contributed by atoms with E-state index in [-0.39, 0.29) is 5.54 Å². The first-order valence-corrected chi connectivity index (χ1v) is 8.74. The Morgan fingerprint density at radius 3 is 2.32 bits per heavy atom. The summed E-state index contributed by atoms with van der Waals surface area (Å²) in [5.74, 6) is 4.11. The zero-order valence-corrected chi connectivity index (χ0v) is 13.7. The van der Waals surface area contributed by atoms with Crippen molar-refractivity contribution < 1.29 is 0 Å². The molecule has 1 nitrogen and oxygen atoms in total. The Hall–Kier alpha value is -0.0400. The molecule has 0 aromatic rings. The Morgan fingerprint density at radius 2 is 1.79 bits per heavy atom. The fourth-order valence-electron chi connectivity index (χ4n) is 4.17. The Bertz CT molecular complexity index is 261. The monoisotopic (exact) mass is 265 g/mol. The third-order valence-electron chi connectivity index (χ3n) is 5.50. The molecule has 0 aromatic heterocycles. The average molecular weight is 265 g/mol. The van der Waals surface area contributed by atoms with Gasteiger partial charge in [-0.25, -0.2) is 0 Å². The summed E-state index contributed by atoms with van der Waals surface area (Å²) in [5, 5.41) is 3.77. The van der Waals surface area contributed by atoms with Crippen LogP contribution in [0, 0.1) is 23.7 Å². The molecule has 1 heteroatoms. The van der Waals surface area contributed by atoms with E-state index in [1.165, 1.54) is 57.9 Å². The largest absolute Gasteiger partial charge is 0.312 e. The first-order chi connectivity index (χ1) is 8.99. The predicted octanol–water partition coefficient (Wildman–Crippen LogP) is 5.01. The van der Waals surface area contributed by atoms with Crippen LogP contribution >= 0.6 is 0 Å². The quantitative estimate of drug-likeness (QED) is 0.737. The van der Waals surface area contributed by atoms with E-state index in [0.29, 0.717) is 0 Å². The van der Waals surface area contributed by atoms with E-state index in [9.17, 15) is 0 Å². The summed E-state index contributed by atoms with van der Waals surface area (Å²) in [6.07, 6.45) is 11.9. The molecular weight excluding hydrogens is 230 g/mol. The van der Waals surface area contributed by atoms with Crippen LogP contribution in [0.4, 0.5) is 0 Å². The minimum atomic E-state index is 0.282. The van der Waals surface area contributed by atoms with Gasteiger partial charge in [0.2, 0.25) is 0 Å². The summed E-state index contributed by atoms with van der Waals surface area (Å²) in [4.78, 5) is 0. The van der Waals surface area contributed by atoms with E-state index in [4.69, 9.17) is 0 Å². The van der Waals surface area contributed by atoms with E-state index >= 15 is 0 Å². The molecule has 19 heavy (non-hydrogen) atoms. The van der Waals surface area contributed by atoms with Crippen molar-refractivity contribution in [2.75, 3.05) is 6.54 Å². The van der Waals surface area contributed by atoms with Crippen LogP contribution in [0.2, 0.25) is 0 Å². The molecule has 2 aliphatic rings. The van der Waals surface area contributed by atoms with Crippen molar-refractivity contribution in [1.82, 2.24) is 5.32 Å². The molecule has 112 valence electrons. The lowest BCUT2D eigenvalue weighted by Crippen LogP contribution is -2.44. The van der Waals surface area contributed by atoms with Crippen LogP contribution in [0.15, 0.2) is 0 Å². The molecule has 0 radical (unpaired) electrons. The molecule has 2 rings (SSSR count). The molecule has 0 heterocycles. The van der Waals surface area contributed by atoms with Gasteiger partial charge < -0.3 is 5.32 Å². The van der Waals surface area contributed by atoms with E-state index in [2.05, 4.69) is 33.0 Å². The summed E-state index contributed by atoms with van der Waals surface area (Å²) >= 11 is 0. The van der Waals surface area contributed by atoms with Gasteiger partial charge in [-0.2, -0.15) is 0 Å². The lowest BCUT2D eigenvalue weighted by molar-refractivity contribution is 0.0676. The molecule has 0 saturated heterocycles. The van der Waals surface area contributed by atoms with Crippen molar-refractivity contribution in [3.63, 3.8) is 0 Å². The molecule has 0 aromatic carbocycles. The van der Waals surface area contributed by atoms with Crippen LogP contribution in [-0.2, 0) is 0 Å². The molecule has 2 fully saturated rings. The van der Waals surface area contributed by atoms with E-state index in [1.54, 1.807) is 0 Å². The second-order valence-corrected chi connectivity index (χ2v) is 8.21. The van der Waals surface area contributed by atoms with Crippen molar-refractivity contribution in [3.05, 3.63) is 0 Å². The number of hydrogen-bond donors (Lipinski definition) is 1. The van der Waals surface area contributed by atoms with Crippen molar-refractivity contribution >= 4 is 0 Å². The molecule has 0 spiro atoms. The van der Waals surface area contributed by atoms with Crippen LogP contribution < -0.4 is 5.32 Å². The smallest absolute Gasteiger partial charge is 0.00966 e. The van der Waals surface area contributed by atoms with Gasteiger partial charge in [-0.3, -0.25) is 0 Å². The van der Waals surface area contributed by atoms with Gasteiger partial charge in [-0.15, -0.1) is 0 Å². The second kappa shape index (κ2) is 6.61. The number of rotatable bonds is 5. The van der Waals surface area contributed by atoms with E-state index in [1.807, 2.05) is 0 Å². The highest BCUT2D eigenvalue weighted by Crippen LogP contribution is 2.46. The van der Waals surface area contributed by atoms with Crippen LogP contribution in [-0.4, -0.2) is 12.1 Å². The Balaban J connectivity index is 1.89. The van der Waals surface area contributed by atoms with Gasteiger partial charge >= 0.3 is 0 Å². The molecule has 0 bridgehead atoms. The summed E-state index contributed by atoms with van der Waals surface area (Å²) in [6, 6.07) is 0. The number of hydrogen-bond acceptors (Lipinski definition) is 1. The Morgan fingerprint density at radius 1 is 1.05 bits per heavy atom. The van der Waals surface area contributed by atoms with Crippen LogP contribution in [0.3, 0.4) is 0 Å². The van der Waals surface area contributed by atoms with Gasteiger partial charge in [-0.1, -0.05) is 45.4 Å². The van der Waals surface area contributed by atoms with Crippen molar-refractivity contribution in [2.24, 2.45) is 23.7 Å². The summed E-state index contributed by atoms with van der Waals surface area (Å²) in [5.41, 5.74) is 0.282. The predicted molar refractivity (Wildman–Crippen MR) is 84.3 cm³/mol. The van der Waals surface area contributed by atoms with Gasteiger partial charge in [0.25, 0.3) is 0 Å². The SMILES string of the molecule is CCCC1CCC(CNC(C)(C)C)C(C2CCC2)C1. The third kappa shape index (κ3) is 4.48.